The van der Waals surface area contributed by atoms with Crippen molar-refractivity contribution in [3.8, 4) is 0 Å². The van der Waals surface area contributed by atoms with Crippen LogP contribution in [0.5, 0.6) is 0 Å². The molecule has 0 aliphatic heterocycles. The van der Waals surface area contributed by atoms with Crippen molar-refractivity contribution in [2.75, 3.05) is 0 Å². The van der Waals surface area contributed by atoms with Crippen LogP contribution < -0.4 is 0 Å². The standard InChI is InChI=1S/C3H5.3HI.Ti/c1-3-2;;;;/h3H,1-2H2;3*1H;/q;;;;+3/p-3. The Hall–Kier alpha value is 2.64. The molecule has 0 atom stereocenters. The molecule has 0 fully saturated rings. The van der Waals surface area contributed by atoms with E-state index in [1.54, 1.807) is 0 Å². The molecule has 4 heteroatoms. The third-order valence-corrected chi connectivity index (χ3v) is 7.00. The molecule has 0 nitrogen and oxygen atoms in total. The molecule has 0 aromatic carbocycles. The summed E-state index contributed by atoms with van der Waals surface area (Å²) in [4.78, 5) is 0. The summed E-state index contributed by atoms with van der Waals surface area (Å²) in [6, 6.07) is 0. The summed E-state index contributed by atoms with van der Waals surface area (Å²) in [6.45, 7) is 3.68. The zero-order valence-electron chi connectivity index (χ0n) is 3.63. The number of hydrogen-bond donors (Lipinski definition) is 0. The molecule has 0 saturated heterocycles. The quantitative estimate of drug-likeness (QED) is 0.328. The molecule has 7 heavy (non-hydrogen) atoms. The number of allylic oxidation sites excluding steroid dienone is 1. The van der Waals surface area contributed by atoms with Crippen molar-refractivity contribution in [2.24, 2.45) is 0 Å². The van der Waals surface area contributed by atoms with Gasteiger partial charge in [0.1, 0.15) is 0 Å². The summed E-state index contributed by atoms with van der Waals surface area (Å²) in [5.41, 5.74) is 0. The molecule has 0 N–H and O–H groups in total. The summed E-state index contributed by atoms with van der Waals surface area (Å²) in [5, 5.41) is -1.29. The van der Waals surface area contributed by atoms with E-state index in [-0.39, 0.29) is 0 Å². The van der Waals surface area contributed by atoms with Crippen molar-refractivity contribution < 1.29 is 5.34 Å². The van der Waals surface area contributed by atoms with Gasteiger partial charge in [0.15, 0.2) is 0 Å². The second-order valence-electron chi connectivity index (χ2n) is 1.11. The SMILES string of the molecule is C=C[CH2][Ti]([I])([I])[I]. The molecule has 0 spiro atoms. The van der Waals surface area contributed by atoms with E-state index in [4.69, 9.17) is 0 Å². The normalized spacial score (nSPS) is 11.3. The molecule has 0 aliphatic carbocycles. The van der Waals surface area contributed by atoms with Gasteiger partial charge in [-0.15, -0.1) is 0 Å². The van der Waals surface area contributed by atoms with Gasteiger partial charge in [-0.1, -0.05) is 0 Å². The average molecular weight is 470 g/mol. The van der Waals surface area contributed by atoms with Gasteiger partial charge in [-0.3, -0.25) is 0 Å². The molecule has 0 radical (unpaired) electrons. The molecule has 42 valence electrons. The van der Waals surface area contributed by atoms with Crippen LogP contribution in [-0.4, -0.2) is 0 Å². The Balaban J connectivity index is 3.34. The molecule has 0 unspecified atom stereocenters. The summed E-state index contributed by atoms with van der Waals surface area (Å²) in [5.74, 6) is 0. The topological polar surface area (TPSA) is 0 Å². The third-order valence-electron chi connectivity index (χ3n) is 0.376. The Bertz CT molecular complexity index is 65.1. The van der Waals surface area contributed by atoms with Crippen LogP contribution in [0.4, 0.5) is 0 Å². The summed E-state index contributed by atoms with van der Waals surface area (Å²) in [7, 11) is 0. The molecule has 0 aliphatic rings. The molecule has 0 rings (SSSR count). The Morgan fingerprint density at radius 1 is 1.43 bits per heavy atom. The first kappa shape index (κ1) is 9.64. The molecular weight excluding hydrogens is 465 g/mol. The second kappa shape index (κ2) is 4.46. The van der Waals surface area contributed by atoms with Crippen molar-refractivity contribution >= 4 is 57.6 Å². The van der Waals surface area contributed by atoms with Gasteiger partial charge in [-0.2, -0.15) is 0 Å². The van der Waals surface area contributed by atoms with Crippen LogP contribution in [0.2, 0.25) is 4.73 Å². The average Bonchev–Trinajstić information content (AvgIpc) is 1.30. The van der Waals surface area contributed by atoms with E-state index in [2.05, 4.69) is 64.1 Å². The van der Waals surface area contributed by atoms with Crippen LogP contribution in [-0.2, 0) is 5.34 Å². The first-order valence-corrected chi connectivity index (χ1v) is 18.0. The van der Waals surface area contributed by atoms with Crippen LogP contribution in [0.15, 0.2) is 12.7 Å². The molecule has 0 heterocycles. The monoisotopic (exact) mass is 470 g/mol. The van der Waals surface area contributed by atoms with Gasteiger partial charge in [0.25, 0.3) is 0 Å². The molecule has 0 saturated carbocycles. The minimum absolute atomic E-state index is 1.25. The van der Waals surface area contributed by atoms with Gasteiger partial charge >= 0.3 is 80.3 Å². The van der Waals surface area contributed by atoms with Crippen LogP contribution >= 0.6 is 57.6 Å². The summed E-state index contributed by atoms with van der Waals surface area (Å²) in [6.07, 6.45) is 2.02. The van der Waals surface area contributed by atoms with Crippen molar-refractivity contribution in [1.82, 2.24) is 0 Å². The van der Waals surface area contributed by atoms with Gasteiger partial charge in [-0.05, 0) is 0 Å². The first-order valence-electron chi connectivity index (χ1n) is 1.74. The molecule has 0 aromatic rings. The predicted molar refractivity (Wildman–Crippen MR) is 57.1 cm³/mol. The summed E-state index contributed by atoms with van der Waals surface area (Å²) < 4.78 is 1.25. The van der Waals surface area contributed by atoms with E-state index >= 15 is 0 Å². The first-order chi connectivity index (χ1) is 3.06. The van der Waals surface area contributed by atoms with Crippen molar-refractivity contribution in [1.29, 1.82) is 0 Å². The Morgan fingerprint density at radius 3 is 1.86 bits per heavy atom. The van der Waals surface area contributed by atoms with Crippen LogP contribution in [0.1, 0.15) is 0 Å². The van der Waals surface area contributed by atoms with E-state index in [1.807, 2.05) is 6.08 Å². The molecular formula is C3H5I3Ti. The molecule has 0 aromatic heterocycles. The summed E-state index contributed by atoms with van der Waals surface area (Å²) >= 11 is 7.70. The van der Waals surface area contributed by atoms with E-state index in [9.17, 15) is 0 Å². The van der Waals surface area contributed by atoms with E-state index in [1.165, 1.54) is 4.73 Å². The zero-order chi connectivity index (χ0) is 5.91. The minimum atomic E-state index is -1.29. The number of halogens is 3. The van der Waals surface area contributed by atoms with Crippen molar-refractivity contribution in [3.05, 3.63) is 12.7 Å². The molecule has 0 amide bonds. The third kappa shape index (κ3) is 8.64. The fourth-order valence-corrected chi connectivity index (χ4v) is 4.53. The van der Waals surface area contributed by atoms with Gasteiger partial charge in [0.2, 0.25) is 0 Å². The number of rotatable bonds is 2. The van der Waals surface area contributed by atoms with Crippen LogP contribution in [0.25, 0.3) is 0 Å². The number of hydrogen-bond acceptors (Lipinski definition) is 0. The fourth-order valence-electron chi connectivity index (χ4n) is 0.164. The van der Waals surface area contributed by atoms with Crippen molar-refractivity contribution in [3.63, 3.8) is 0 Å². The maximum atomic E-state index is 3.68. The van der Waals surface area contributed by atoms with E-state index < -0.39 is 5.34 Å². The van der Waals surface area contributed by atoms with Crippen LogP contribution in [0, 0.1) is 0 Å². The van der Waals surface area contributed by atoms with E-state index in [0.717, 1.165) is 0 Å². The maximum absolute atomic E-state index is 3.68. The van der Waals surface area contributed by atoms with Gasteiger partial charge < -0.3 is 0 Å². The Labute approximate surface area is 78.3 Å². The van der Waals surface area contributed by atoms with Gasteiger partial charge in [0, 0.05) is 0 Å². The fraction of sp³-hybridized carbons (Fsp3) is 0.333. The Kier molecular flexibility index (Phi) is 6.14. The predicted octanol–water partition coefficient (Wildman–Crippen LogP) is 3.79. The Morgan fingerprint density at radius 2 is 1.86 bits per heavy atom. The van der Waals surface area contributed by atoms with Crippen LogP contribution in [0.3, 0.4) is 0 Å². The van der Waals surface area contributed by atoms with Gasteiger partial charge in [0.05, 0.1) is 0 Å². The molecule has 0 bridgehead atoms. The zero-order valence-corrected chi connectivity index (χ0v) is 11.7. The van der Waals surface area contributed by atoms with E-state index in [0.29, 0.717) is 0 Å². The van der Waals surface area contributed by atoms with Gasteiger partial charge in [-0.25, -0.2) is 0 Å². The van der Waals surface area contributed by atoms with Crippen molar-refractivity contribution in [2.45, 2.75) is 4.73 Å². The second-order valence-corrected chi connectivity index (χ2v) is 52.0.